The molecule has 3 nitrogen and oxygen atoms in total. The molecule has 0 aromatic carbocycles. The molecule has 1 aliphatic carbocycles. The van der Waals surface area contributed by atoms with Crippen LogP contribution in [0, 0.1) is 19.8 Å². The summed E-state index contributed by atoms with van der Waals surface area (Å²) in [5.41, 5.74) is 3.69. The molecule has 1 saturated carbocycles. The molecular weight excluding hydrogens is 222 g/mol. The first-order valence-corrected chi connectivity index (χ1v) is 7.24. The van der Waals surface area contributed by atoms with Crippen LogP contribution >= 0.6 is 0 Å². The van der Waals surface area contributed by atoms with Crippen LogP contribution in [0.4, 0.5) is 0 Å². The average molecular weight is 247 g/mol. The van der Waals surface area contributed by atoms with E-state index >= 15 is 0 Å². The van der Waals surface area contributed by atoms with Gasteiger partial charge >= 0.3 is 0 Å². The van der Waals surface area contributed by atoms with Gasteiger partial charge in [0.05, 0.1) is 0 Å². The van der Waals surface area contributed by atoms with Gasteiger partial charge in [-0.2, -0.15) is 0 Å². The van der Waals surface area contributed by atoms with Gasteiger partial charge in [0.1, 0.15) is 5.82 Å². The standard InChI is InChI=1S/C15H25N3/c1-4-8-16-9-7-14-11(2)17-15(18-12(14)3)10-13-5-6-13/h13,16H,4-10H2,1-3H3. The van der Waals surface area contributed by atoms with Crippen molar-refractivity contribution in [3.05, 3.63) is 22.8 Å². The average Bonchev–Trinajstić information content (AvgIpc) is 3.11. The number of hydrogen-bond donors (Lipinski definition) is 1. The van der Waals surface area contributed by atoms with E-state index in [-0.39, 0.29) is 0 Å². The summed E-state index contributed by atoms with van der Waals surface area (Å²) in [5, 5.41) is 3.44. The lowest BCUT2D eigenvalue weighted by Gasteiger charge is -2.11. The van der Waals surface area contributed by atoms with Crippen LogP contribution in [0.5, 0.6) is 0 Å². The second-order valence-electron chi connectivity index (χ2n) is 5.44. The van der Waals surface area contributed by atoms with Gasteiger partial charge in [-0.1, -0.05) is 6.92 Å². The Kier molecular flexibility index (Phi) is 4.70. The van der Waals surface area contributed by atoms with Crippen LogP contribution in [-0.4, -0.2) is 23.1 Å². The number of hydrogen-bond acceptors (Lipinski definition) is 3. The summed E-state index contributed by atoms with van der Waals surface area (Å²) in [6.45, 7) is 8.57. The number of nitrogens with one attached hydrogen (secondary N) is 1. The molecule has 1 aromatic rings. The first-order chi connectivity index (χ1) is 8.70. The second kappa shape index (κ2) is 6.28. The van der Waals surface area contributed by atoms with Crippen LogP contribution in [0.25, 0.3) is 0 Å². The van der Waals surface area contributed by atoms with E-state index in [1.807, 2.05) is 0 Å². The molecule has 0 amide bonds. The molecule has 0 saturated heterocycles. The van der Waals surface area contributed by atoms with E-state index in [0.29, 0.717) is 0 Å². The third kappa shape index (κ3) is 3.77. The third-order valence-electron chi connectivity index (χ3n) is 3.61. The van der Waals surface area contributed by atoms with Crippen LogP contribution in [0.15, 0.2) is 0 Å². The normalized spacial score (nSPS) is 15.1. The van der Waals surface area contributed by atoms with Gasteiger partial charge < -0.3 is 5.32 Å². The molecule has 0 unspecified atom stereocenters. The summed E-state index contributed by atoms with van der Waals surface area (Å²) in [6, 6.07) is 0. The van der Waals surface area contributed by atoms with Crippen LogP contribution in [0.3, 0.4) is 0 Å². The maximum absolute atomic E-state index is 4.67. The summed E-state index contributed by atoms with van der Waals surface area (Å²) in [6.07, 6.45) is 6.04. The number of aryl methyl sites for hydroxylation is 2. The molecule has 1 aromatic heterocycles. The summed E-state index contributed by atoms with van der Waals surface area (Å²) in [7, 11) is 0. The van der Waals surface area contributed by atoms with Gasteiger partial charge in [-0.25, -0.2) is 9.97 Å². The fourth-order valence-corrected chi connectivity index (χ4v) is 2.36. The topological polar surface area (TPSA) is 37.8 Å². The lowest BCUT2D eigenvalue weighted by Crippen LogP contribution is -2.19. The van der Waals surface area contributed by atoms with E-state index in [2.05, 4.69) is 36.1 Å². The number of nitrogens with zero attached hydrogens (tertiary/aromatic N) is 2. The summed E-state index contributed by atoms with van der Waals surface area (Å²) < 4.78 is 0. The summed E-state index contributed by atoms with van der Waals surface area (Å²) in [5.74, 6) is 1.92. The van der Waals surface area contributed by atoms with E-state index in [0.717, 1.165) is 37.7 Å². The molecule has 18 heavy (non-hydrogen) atoms. The van der Waals surface area contributed by atoms with Gasteiger partial charge in [0.15, 0.2) is 0 Å². The molecule has 0 bridgehead atoms. The zero-order valence-electron chi connectivity index (χ0n) is 11.9. The molecule has 0 radical (unpaired) electrons. The zero-order valence-corrected chi connectivity index (χ0v) is 11.9. The molecule has 0 aliphatic heterocycles. The Hall–Kier alpha value is -0.960. The second-order valence-corrected chi connectivity index (χ2v) is 5.44. The Morgan fingerprint density at radius 1 is 1.11 bits per heavy atom. The highest BCUT2D eigenvalue weighted by Gasteiger charge is 2.23. The molecule has 1 heterocycles. The Balaban J connectivity index is 1.96. The van der Waals surface area contributed by atoms with E-state index in [1.165, 1.54) is 36.2 Å². The number of rotatable bonds is 7. The first kappa shape index (κ1) is 13.5. The SMILES string of the molecule is CCCNCCc1c(C)nc(CC2CC2)nc1C. The molecule has 3 heteroatoms. The predicted molar refractivity (Wildman–Crippen MR) is 74.8 cm³/mol. The van der Waals surface area contributed by atoms with Gasteiger partial charge in [0, 0.05) is 17.8 Å². The van der Waals surface area contributed by atoms with Gasteiger partial charge in [0.25, 0.3) is 0 Å². The Morgan fingerprint density at radius 2 is 1.78 bits per heavy atom. The minimum atomic E-state index is 0.862. The quantitative estimate of drug-likeness (QED) is 0.753. The smallest absolute Gasteiger partial charge is 0.129 e. The highest BCUT2D eigenvalue weighted by Crippen LogP contribution is 2.31. The van der Waals surface area contributed by atoms with Gasteiger partial charge in [-0.3, -0.25) is 0 Å². The van der Waals surface area contributed by atoms with Crippen LogP contribution in [0.2, 0.25) is 0 Å². The van der Waals surface area contributed by atoms with Gasteiger partial charge in [-0.05, 0) is 64.1 Å². The fourth-order valence-electron chi connectivity index (χ4n) is 2.36. The summed E-state index contributed by atoms with van der Waals surface area (Å²) in [4.78, 5) is 9.35. The van der Waals surface area contributed by atoms with Crippen molar-refractivity contribution in [3.63, 3.8) is 0 Å². The predicted octanol–water partition coefficient (Wildman–Crippen LogP) is 2.59. The van der Waals surface area contributed by atoms with E-state index in [1.54, 1.807) is 0 Å². The van der Waals surface area contributed by atoms with E-state index < -0.39 is 0 Å². The highest BCUT2D eigenvalue weighted by molar-refractivity contribution is 5.25. The van der Waals surface area contributed by atoms with Gasteiger partial charge in [-0.15, -0.1) is 0 Å². The monoisotopic (exact) mass is 247 g/mol. The third-order valence-corrected chi connectivity index (χ3v) is 3.61. The lowest BCUT2D eigenvalue weighted by atomic mass is 10.1. The number of aromatic nitrogens is 2. The van der Waals surface area contributed by atoms with E-state index in [9.17, 15) is 0 Å². The minimum absolute atomic E-state index is 0.862. The molecule has 100 valence electrons. The molecule has 1 fully saturated rings. The van der Waals surface area contributed by atoms with Crippen LogP contribution in [0.1, 0.15) is 49.0 Å². The molecular formula is C15H25N3. The lowest BCUT2D eigenvalue weighted by molar-refractivity contribution is 0.662. The van der Waals surface area contributed by atoms with Crippen molar-refractivity contribution in [2.75, 3.05) is 13.1 Å². The maximum atomic E-state index is 4.67. The van der Waals surface area contributed by atoms with E-state index in [4.69, 9.17) is 0 Å². The minimum Gasteiger partial charge on any atom is -0.316 e. The Bertz CT molecular complexity index is 374. The molecule has 2 rings (SSSR count). The van der Waals surface area contributed by atoms with Crippen molar-refractivity contribution in [3.8, 4) is 0 Å². The molecule has 0 atom stereocenters. The van der Waals surface area contributed by atoms with Crippen molar-refractivity contribution in [1.29, 1.82) is 0 Å². The van der Waals surface area contributed by atoms with Crippen molar-refractivity contribution in [1.82, 2.24) is 15.3 Å². The first-order valence-electron chi connectivity index (χ1n) is 7.24. The molecule has 0 spiro atoms. The Morgan fingerprint density at radius 3 is 2.33 bits per heavy atom. The molecule has 1 aliphatic rings. The van der Waals surface area contributed by atoms with Crippen LogP contribution in [-0.2, 0) is 12.8 Å². The highest BCUT2D eigenvalue weighted by atomic mass is 14.9. The zero-order chi connectivity index (χ0) is 13.0. The summed E-state index contributed by atoms with van der Waals surface area (Å²) >= 11 is 0. The van der Waals surface area contributed by atoms with Crippen molar-refractivity contribution in [2.24, 2.45) is 5.92 Å². The van der Waals surface area contributed by atoms with Crippen molar-refractivity contribution in [2.45, 2.75) is 52.9 Å². The fraction of sp³-hybridized carbons (Fsp3) is 0.733. The van der Waals surface area contributed by atoms with Gasteiger partial charge in [0.2, 0.25) is 0 Å². The molecule has 1 N–H and O–H groups in total. The van der Waals surface area contributed by atoms with Crippen molar-refractivity contribution >= 4 is 0 Å². The van der Waals surface area contributed by atoms with Crippen LogP contribution < -0.4 is 5.32 Å². The van der Waals surface area contributed by atoms with Crippen molar-refractivity contribution < 1.29 is 0 Å². The Labute approximate surface area is 110 Å². The largest absolute Gasteiger partial charge is 0.316 e. The maximum Gasteiger partial charge on any atom is 0.129 e.